The molecule has 1 N–H and O–H groups in total. The van der Waals surface area contributed by atoms with Gasteiger partial charge in [0.25, 0.3) is 5.91 Å². The van der Waals surface area contributed by atoms with Gasteiger partial charge in [-0.25, -0.2) is 0 Å². The number of hydrogen-bond donors (Lipinski definition) is 1. The van der Waals surface area contributed by atoms with Crippen LogP contribution in [0.15, 0.2) is 42.5 Å². The molecule has 2 aromatic carbocycles. The molecular formula is C17H18INO. The highest BCUT2D eigenvalue weighted by Crippen LogP contribution is 2.19. The Hall–Kier alpha value is -1.36. The number of rotatable bonds is 3. The first-order valence-corrected chi connectivity index (χ1v) is 7.69. The number of aryl methyl sites for hydroxylation is 2. The van der Waals surface area contributed by atoms with Crippen LogP contribution in [-0.2, 0) is 0 Å². The topological polar surface area (TPSA) is 29.1 Å². The van der Waals surface area contributed by atoms with E-state index in [2.05, 4.69) is 60.0 Å². The van der Waals surface area contributed by atoms with Gasteiger partial charge in [0.2, 0.25) is 0 Å². The van der Waals surface area contributed by atoms with Crippen LogP contribution >= 0.6 is 22.6 Å². The van der Waals surface area contributed by atoms with E-state index in [0.29, 0.717) is 5.56 Å². The first-order chi connectivity index (χ1) is 9.47. The molecule has 0 bridgehead atoms. The summed E-state index contributed by atoms with van der Waals surface area (Å²) in [5, 5.41) is 3.07. The maximum atomic E-state index is 12.3. The fourth-order valence-corrected chi connectivity index (χ4v) is 2.76. The van der Waals surface area contributed by atoms with Crippen LogP contribution < -0.4 is 5.32 Å². The second-order valence-corrected chi connectivity index (χ2v) is 6.31. The highest BCUT2D eigenvalue weighted by Gasteiger charge is 2.13. The third-order valence-corrected chi connectivity index (χ3v) is 4.01. The van der Waals surface area contributed by atoms with Crippen LogP contribution in [0.1, 0.15) is 40.0 Å². The quantitative estimate of drug-likeness (QED) is 0.787. The minimum atomic E-state index is -0.0306. The average Bonchev–Trinajstić information content (AvgIpc) is 2.41. The fraction of sp³-hybridized carbons (Fsp3) is 0.235. The summed E-state index contributed by atoms with van der Waals surface area (Å²) in [6.07, 6.45) is 0. The lowest BCUT2D eigenvalue weighted by Gasteiger charge is -2.17. The first-order valence-electron chi connectivity index (χ1n) is 6.61. The molecule has 0 heterocycles. The summed E-state index contributed by atoms with van der Waals surface area (Å²) in [6, 6.07) is 13.9. The van der Waals surface area contributed by atoms with Crippen molar-refractivity contribution in [3.63, 3.8) is 0 Å². The molecule has 0 aliphatic carbocycles. The SMILES string of the molecule is Cc1ccc(C)c([C@@H](C)NC(=O)c2cccc(I)c2)c1. The van der Waals surface area contributed by atoms with Crippen LogP contribution in [0.4, 0.5) is 0 Å². The van der Waals surface area contributed by atoms with Gasteiger partial charge < -0.3 is 5.32 Å². The molecule has 0 spiro atoms. The van der Waals surface area contributed by atoms with E-state index in [1.807, 2.05) is 31.2 Å². The molecule has 0 aliphatic rings. The first kappa shape index (κ1) is 15.0. The van der Waals surface area contributed by atoms with Crippen LogP contribution in [0.5, 0.6) is 0 Å². The van der Waals surface area contributed by atoms with Crippen molar-refractivity contribution in [2.75, 3.05) is 0 Å². The Balaban J connectivity index is 2.17. The molecule has 1 amide bonds. The number of carbonyl (C=O) groups is 1. The second kappa shape index (κ2) is 6.39. The molecule has 3 heteroatoms. The summed E-state index contributed by atoms with van der Waals surface area (Å²) < 4.78 is 1.06. The van der Waals surface area contributed by atoms with Gasteiger partial charge >= 0.3 is 0 Å². The molecule has 104 valence electrons. The van der Waals surface area contributed by atoms with E-state index in [1.54, 1.807) is 0 Å². The Morgan fingerprint density at radius 2 is 1.90 bits per heavy atom. The van der Waals surface area contributed by atoms with Gasteiger partial charge in [0.05, 0.1) is 6.04 Å². The van der Waals surface area contributed by atoms with Crippen molar-refractivity contribution >= 4 is 28.5 Å². The minimum Gasteiger partial charge on any atom is -0.346 e. The van der Waals surface area contributed by atoms with Crippen molar-refractivity contribution in [3.05, 3.63) is 68.3 Å². The van der Waals surface area contributed by atoms with Crippen molar-refractivity contribution in [2.24, 2.45) is 0 Å². The normalized spacial score (nSPS) is 12.0. The van der Waals surface area contributed by atoms with Crippen molar-refractivity contribution in [1.82, 2.24) is 5.32 Å². The minimum absolute atomic E-state index is 0.000248. The summed E-state index contributed by atoms with van der Waals surface area (Å²) in [5.74, 6) is -0.0306. The molecule has 0 unspecified atom stereocenters. The van der Waals surface area contributed by atoms with Gasteiger partial charge in [0.1, 0.15) is 0 Å². The molecule has 0 radical (unpaired) electrons. The molecule has 2 aromatic rings. The van der Waals surface area contributed by atoms with E-state index in [1.165, 1.54) is 16.7 Å². The molecule has 0 aliphatic heterocycles. The molecular weight excluding hydrogens is 361 g/mol. The molecule has 0 aromatic heterocycles. The lowest BCUT2D eigenvalue weighted by Crippen LogP contribution is -2.27. The second-order valence-electron chi connectivity index (χ2n) is 5.07. The summed E-state index contributed by atoms with van der Waals surface area (Å²) in [5.41, 5.74) is 4.28. The zero-order valence-electron chi connectivity index (χ0n) is 11.9. The smallest absolute Gasteiger partial charge is 0.251 e. The third-order valence-electron chi connectivity index (χ3n) is 3.34. The molecule has 20 heavy (non-hydrogen) atoms. The Labute approximate surface area is 133 Å². The van der Waals surface area contributed by atoms with Gasteiger partial charge in [0, 0.05) is 9.13 Å². The number of benzene rings is 2. The van der Waals surface area contributed by atoms with Crippen molar-refractivity contribution < 1.29 is 4.79 Å². The highest BCUT2D eigenvalue weighted by atomic mass is 127. The zero-order chi connectivity index (χ0) is 14.7. The summed E-state index contributed by atoms with van der Waals surface area (Å²) in [6.45, 7) is 6.16. The summed E-state index contributed by atoms with van der Waals surface area (Å²) >= 11 is 2.21. The predicted molar refractivity (Wildman–Crippen MR) is 91.0 cm³/mol. The summed E-state index contributed by atoms with van der Waals surface area (Å²) in [7, 11) is 0. The Morgan fingerprint density at radius 1 is 1.15 bits per heavy atom. The average molecular weight is 379 g/mol. The molecule has 1 atom stereocenters. The summed E-state index contributed by atoms with van der Waals surface area (Å²) in [4.78, 5) is 12.3. The standard InChI is InChI=1S/C17H18INO/c1-11-7-8-12(2)16(9-11)13(3)19-17(20)14-5-4-6-15(18)10-14/h4-10,13H,1-3H3,(H,19,20)/t13-/m1/s1. The highest BCUT2D eigenvalue weighted by molar-refractivity contribution is 14.1. The van der Waals surface area contributed by atoms with Crippen molar-refractivity contribution in [1.29, 1.82) is 0 Å². The number of halogens is 1. The van der Waals surface area contributed by atoms with Crippen molar-refractivity contribution in [3.8, 4) is 0 Å². The van der Waals surface area contributed by atoms with E-state index >= 15 is 0 Å². The largest absolute Gasteiger partial charge is 0.346 e. The Morgan fingerprint density at radius 3 is 2.60 bits per heavy atom. The molecule has 2 nitrogen and oxygen atoms in total. The number of amides is 1. The lowest BCUT2D eigenvalue weighted by molar-refractivity contribution is 0.0939. The predicted octanol–water partition coefficient (Wildman–Crippen LogP) is 4.40. The van der Waals surface area contributed by atoms with Crippen LogP contribution in [0, 0.1) is 17.4 Å². The van der Waals surface area contributed by atoms with Gasteiger partial charge in [-0.1, -0.05) is 29.8 Å². The van der Waals surface area contributed by atoms with Crippen LogP contribution in [0.25, 0.3) is 0 Å². The number of nitrogens with one attached hydrogen (secondary N) is 1. The maximum absolute atomic E-state index is 12.3. The van der Waals surface area contributed by atoms with Crippen molar-refractivity contribution in [2.45, 2.75) is 26.8 Å². The molecule has 0 fully saturated rings. The van der Waals surface area contributed by atoms with Gasteiger partial charge in [-0.3, -0.25) is 4.79 Å². The molecule has 2 rings (SSSR count). The zero-order valence-corrected chi connectivity index (χ0v) is 14.1. The van der Waals surface area contributed by atoms with Crippen LogP contribution in [-0.4, -0.2) is 5.91 Å². The van der Waals surface area contributed by atoms with Crippen LogP contribution in [0.3, 0.4) is 0 Å². The molecule has 0 saturated carbocycles. The number of hydrogen-bond acceptors (Lipinski definition) is 1. The third kappa shape index (κ3) is 3.60. The van der Waals surface area contributed by atoms with E-state index < -0.39 is 0 Å². The number of carbonyl (C=O) groups excluding carboxylic acids is 1. The lowest BCUT2D eigenvalue weighted by atomic mass is 10.00. The Bertz CT molecular complexity index is 637. The van der Waals surface area contributed by atoms with Gasteiger partial charge in [-0.15, -0.1) is 0 Å². The van der Waals surface area contributed by atoms with E-state index in [9.17, 15) is 4.79 Å². The van der Waals surface area contributed by atoms with E-state index in [4.69, 9.17) is 0 Å². The fourth-order valence-electron chi connectivity index (χ4n) is 2.21. The van der Waals surface area contributed by atoms with Gasteiger partial charge in [-0.2, -0.15) is 0 Å². The van der Waals surface area contributed by atoms with Gasteiger partial charge in [-0.05, 0) is 72.7 Å². The van der Waals surface area contributed by atoms with E-state index in [0.717, 1.165) is 3.57 Å². The van der Waals surface area contributed by atoms with E-state index in [-0.39, 0.29) is 11.9 Å². The van der Waals surface area contributed by atoms with Gasteiger partial charge in [0.15, 0.2) is 0 Å². The maximum Gasteiger partial charge on any atom is 0.251 e. The monoisotopic (exact) mass is 379 g/mol. The Kier molecular flexibility index (Phi) is 4.81. The van der Waals surface area contributed by atoms with Crippen LogP contribution in [0.2, 0.25) is 0 Å². The molecule has 0 saturated heterocycles.